The van der Waals surface area contributed by atoms with Gasteiger partial charge in [-0.15, -0.1) is 0 Å². The van der Waals surface area contributed by atoms with E-state index in [-0.39, 0.29) is 0 Å². The third-order valence-corrected chi connectivity index (χ3v) is 5.94. The Morgan fingerprint density at radius 3 is 2.48 bits per heavy atom. The van der Waals surface area contributed by atoms with E-state index in [1.165, 1.54) is 18.5 Å². The number of methoxy groups -OCH3 is 2. The normalized spacial score (nSPS) is 19.6. The summed E-state index contributed by atoms with van der Waals surface area (Å²) in [5, 5.41) is 0. The molecule has 3 heterocycles. The van der Waals surface area contributed by atoms with Gasteiger partial charge in [0.1, 0.15) is 5.84 Å². The Morgan fingerprint density at radius 1 is 1.03 bits per heavy atom. The highest BCUT2D eigenvalue weighted by molar-refractivity contribution is 6.00. The van der Waals surface area contributed by atoms with Gasteiger partial charge in [0.05, 0.1) is 25.6 Å². The van der Waals surface area contributed by atoms with Crippen molar-refractivity contribution in [1.82, 2.24) is 14.7 Å². The molecule has 29 heavy (non-hydrogen) atoms. The van der Waals surface area contributed by atoms with Crippen LogP contribution >= 0.6 is 0 Å². The lowest BCUT2D eigenvalue weighted by Gasteiger charge is -2.38. The van der Waals surface area contributed by atoms with E-state index in [0.717, 1.165) is 48.2 Å². The van der Waals surface area contributed by atoms with Crippen LogP contribution in [0.2, 0.25) is 0 Å². The zero-order chi connectivity index (χ0) is 20.4. The minimum Gasteiger partial charge on any atom is -0.493 e. The highest BCUT2D eigenvalue weighted by Crippen LogP contribution is 2.32. The topological polar surface area (TPSA) is 40.5 Å². The molecule has 0 radical (unpaired) electrons. The van der Waals surface area contributed by atoms with Gasteiger partial charge in [0.25, 0.3) is 0 Å². The number of allylic oxidation sites excluding steroid dienone is 1. The molecule has 0 atom stereocenters. The second kappa shape index (κ2) is 8.33. The van der Waals surface area contributed by atoms with Gasteiger partial charge in [-0.2, -0.15) is 0 Å². The molecular formula is C23H30N4O2. The Balaban J connectivity index is 1.47. The predicted octanol–water partition coefficient (Wildman–Crippen LogP) is 3.20. The van der Waals surface area contributed by atoms with Crippen LogP contribution in [-0.4, -0.2) is 74.5 Å². The second-order valence-corrected chi connectivity index (χ2v) is 7.85. The van der Waals surface area contributed by atoms with Crippen molar-refractivity contribution in [3.63, 3.8) is 0 Å². The first kappa shape index (κ1) is 19.6. The lowest BCUT2D eigenvalue weighted by molar-refractivity contribution is 0.172. The van der Waals surface area contributed by atoms with Crippen molar-refractivity contribution >= 4 is 11.5 Å². The van der Waals surface area contributed by atoms with E-state index in [1.54, 1.807) is 14.2 Å². The number of likely N-dealkylation sites (tertiary alicyclic amines) is 1. The third-order valence-electron chi connectivity index (χ3n) is 5.94. The van der Waals surface area contributed by atoms with Gasteiger partial charge in [0.15, 0.2) is 11.5 Å². The van der Waals surface area contributed by atoms with Crippen LogP contribution in [0.5, 0.6) is 11.5 Å². The molecule has 1 aromatic rings. The molecule has 0 aliphatic carbocycles. The highest BCUT2D eigenvalue weighted by Gasteiger charge is 2.24. The maximum absolute atomic E-state index is 5.43. The Bertz CT molecular complexity index is 877. The fraction of sp³-hybridized carbons (Fsp3) is 0.435. The van der Waals surface area contributed by atoms with Crippen molar-refractivity contribution in [1.29, 1.82) is 0 Å². The van der Waals surface area contributed by atoms with E-state index < -0.39 is 0 Å². The van der Waals surface area contributed by atoms with Crippen LogP contribution in [0.3, 0.4) is 0 Å². The average Bonchev–Trinajstić information content (AvgIpc) is 2.78. The van der Waals surface area contributed by atoms with Gasteiger partial charge in [0, 0.05) is 37.4 Å². The number of ether oxygens (including phenoxy) is 2. The number of amidine groups is 1. The summed E-state index contributed by atoms with van der Waals surface area (Å²) in [6, 6.07) is 6.62. The van der Waals surface area contributed by atoms with Crippen molar-refractivity contribution in [3.05, 3.63) is 53.9 Å². The van der Waals surface area contributed by atoms with Crippen LogP contribution in [0.4, 0.5) is 0 Å². The quantitative estimate of drug-likeness (QED) is 0.767. The highest BCUT2D eigenvalue weighted by atomic mass is 16.5. The van der Waals surface area contributed by atoms with Crippen LogP contribution in [0.1, 0.15) is 18.4 Å². The molecule has 0 N–H and O–H groups in total. The van der Waals surface area contributed by atoms with Gasteiger partial charge in [-0.25, -0.2) is 4.99 Å². The number of piperidine rings is 1. The summed E-state index contributed by atoms with van der Waals surface area (Å²) in [4.78, 5) is 11.9. The maximum atomic E-state index is 5.43. The molecule has 0 spiro atoms. The molecule has 6 nitrogen and oxygen atoms in total. The molecule has 154 valence electrons. The Labute approximate surface area is 173 Å². The molecule has 6 heteroatoms. The largest absolute Gasteiger partial charge is 0.493 e. The van der Waals surface area contributed by atoms with Gasteiger partial charge in [-0.3, -0.25) is 0 Å². The number of aliphatic imine (C=N–C) groups is 1. The lowest BCUT2D eigenvalue weighted by atomic mass is 10.0. The van der Waals surface area contributed by atoms with Gasteiger partial charge >= 0.3 is 0 Å². The second-order valence-electron chi connectivity index (χ2n) is 7.85. The number of hydrogen-bond acceptors (Lipinski definition) is 6. The van der Waals surface area contributed by atoms with Crippen molar-refractivity contribution in [3.8, 4) is 11.5 Å². The summed E-state index contributed by atoms with van der Waals surface area (Å²) in [7, 11) is 7.66. The van der Waals surface area contributed by atoms with Gasteiger partial charge in [0.2, 0.25) is 0 Å². The Morgan fingerprint density at radius 2 is 1.79 bits per heavy atom. The van der Waals surface area contributed by atoms with Crippen LogP contribution in [0.15, 0.2) is 53.3 Å². The zero-order valence-electron chi connectivity index (χ0n) is 17.8. The molecule has 0 aromatic heterocycles. The van der Waals surface area contributed by atoms with Crippen molar-refractivity contribution in [2.45, 2.75) is 18.9 Å². The smallest absolute Gasteiger partial charge is 0.161 e. The molecular weight excluding hydrogens is 364 g/mol. The van der Waals surface area contributed by atoms with Crippen LogP contribution < -0.4 is 9.47 Å². The molecule has 0 amide bonds. The Hall–Kier alpha value is -2.73. The summed E-state index contributed by atoms with van der Waals surface area (Å²) in [5.74, 6) is 2.42. The molecule has 0 saturated carbocycles. The van der Waals surface area contributed by atoms with Crippen LogP contribution in [0, 0.1) is 0 Å². The minimum absolute atomic E-state index is 0.693. The SMILES string of the molecule is COc1ccc(C2=CCN3C=C(N4CCC(N(C)C)CC4)C=CC3=N2)cc1OC. The maximum Gasteiger partial charge on any atom is 0.161 e. The van der Waals surface area contributed by atoms with Crippen molar-refractivity contribution in [2.75, 3.05) is 47.9 Å². The molecule has 1 fully saturated rings. The van der Waals surface area contributed by atoms with Gasteiger partial charge in [-0.05, 0) is 63.4 Å². The number of fused-ring (bicyclic) bond motifs is 1. The van der Waals surface area contributed by atoms with Gasteiger partial charge < -0.3 is 24.2 Å². The number of rotatable bonds is 5. The first-order chi connectivity index (χ1) is 14.1. The molecule has 3 aliphatic rings. The number of nitrogens with zero attached hydrogens (tertiary/aromatic N) is 4. The number of hydrogen-bond donors (Lipinski definition) is 0. The molecule has 4 rings (SSSR count). The fourth-order valence-electron chi connectivity index (χ4n) is 4.13. The van der Waals surface area contributed by atoms with E-state index in [0.29, 0.717) is 6.04 Å². The molecule has 1 aromatic carbocycles. The molecule has 0 bridgehead atoms. The van der Waals surface area contributed by atoms with E-state index >= 15 is 0 Å². The molecule has 3 aliphatic heterocycles. The Kier molecular flexibility index (Phi) is 5.62. The first-order valence-corrected chi connectivity index (χ1v) is 10.2. The molecule has 0 unspecified atom stereocenters. The minimum atomic E-state index is 0.693. The summed E-state index contributed by atoms with van der Waals surface area (Å²) < 4.78 is 10.8. The summed E-state index contributed by atoms with van der Waals surface area (Å²) in [6.45, 7) is 3.02. The van der Waals surface area contributed by atoms with Crippen molar-refractivity contribution < 1.29 is 9.47 Å². The van der Waals surface area contributed by atoms with Gasteiger partial charge in [-0.1, -0.05) is 0 Å². The predicted molar refractivity (Wildman–Crippen MR) is 117 cm³/mol. The van der Waals surface area contributed by atoms with E-state index in [1.807, 2.05) is 18.2 Å². The third kappa shape index (κ3) is 4.03. The van der Waals surface area contributed by atoms with Crippen molar-refractivity contribution in [2.24, 2.45) is 4.99 Å². The van der Waals surface area contributed by atoms with Crippen LogP contribution in [0.25, 0.3) is 5.70 Å². The number of benzene rings is 1. The summed E-state index contributed by atoms with van der Waals surface area (Å²) >= 11 is 0. The van der Waals surface area contributed by atoms with E-state index in [9.17, 15) is 0 Å². The van der Waals surface area contributed by atoms with E-state index in [2.05, 4.69) is 53.2 Å². The zero-order valence-corrected chi connectivity index (χ0v) is 17.8. The fourth-order valence-corrected chi connectivity index (χ4v) is 4.13. The standard InChI is InChI=1S/C23H30N4O2/c1-25(2)18-9-12-26(13-10-18)19-6-8-23-24-20(11-14-27(23)16-19)17-5-7-21(28-3)22(15-17)29-4/h5-8,11,15-16,18H,9-10,12-14H2,1-4H3. The van der Waals surface area contributed by atoms with E-state index in [4.69, 9.17) is 14.5 Å². The molecule has 1 saturated heterocycles. The summed E-state index contributed by atoms with van der Waals surface area (Å²) in [6.07, 6.45) is 11.1. The average molecular weight is 395 g/mol. The lowest BCUT2D eigenvalue weighted by Crippen LogP contribution is -2.42. The summed E-state index contributed by atoms with van der Waals surface area (Å²) in [5.41, 5.74) is 3.28. The monoisotopic (exact) mass is 394 g/mol. The first-order valence-electron chi connectivity index (χ1n) is 10.2. The van der Waals surface area contributed by atoms with Crippen LogP contribution in [-0.2, 0) is 0 Å².